The highest BCUT2D eigenvalue weighted by Gasteiger charge is 2.03. The van der Waals surface area contributed by atoms with Crippen LogP contribution in [0.15, 0.2) is 6.20 Å². The van der Waals surface area contributed by atoms with Gasteiger partial charge in [0.1, 0.15) is 0 Å². The van der Waals surface area contributed by atoms with Crippen LogP contribution < -0.4 is 5.32 Å². The smallest absolute Gasteiger partial charge is 0.0964 e. The van der Waals surface area contributed by atoms with E-state index in [4.69, 9.17) is 4.74 Å². The summed E-state index contributed by atoms with van der Waals surface area (Å²) in [7, 11) is 3.38. The standard InChI is InChI=1S/C8H16N4O2/c1-12-5-7(10-11-12)3-9-4-8(13)6-14-2/h5,8-9,13H,3-4,6H2,1-2H3. The molecule has 0 bridgehead atoms. The number of rotatable bonds is 6. The maximum absolute atomic E-state index is 9.30. The fourth-order valence-corrected chi connectivity index (χ4v) is 1.09. The van der Waals surface area contributed by atoms with Gasteiger partial charge < -0.3 is 15.2 Å². The van der Waals surface area contributed by atoms with Gasteiger partial charge >= 0.3 is 0 Å². The van der Waals surface area contributed by atoms with Crippen molar-refractivity contribution in [2.75, 3.05) is 20.3 Å². The number of methoxy groups -OCH3 is 1. The van der Waals surface area contributed by atoms with Crippen molar-refractivity contribution in [1.82, 2.24) is 20.3 Å². The zero-order valence-electron chi connectivity index (χ0n) is 8.47. The minimum absolute atomic E-state index is 0.341. The second-order valence-electron chi connectivity index (χ2n) is 3.12. The molecule has 0 spiro atoms. The number of aliphatic hydroxyl groups is 1. The monoisotopic (exact) mass is 200 g/mol. The van der Waals surface area contributed by atoms with Crippen molar-refractivity contribution >= 4 is 0 Å². The van der Waals surface area contributed by atoms with Crippen molar-refractivity contribution in [3.05, 3.63) is 11.9 Å². The molecule has 0 saturated heterocycles. The van der Waals surface area contributed by atoms with Crippen LogP contribution in [0.2, 0.25) is 0 Å². The van der Waals surface area contributed by atoms with Crippen LogP contribution in [0.1, 0.15) is 5.69 Å². The third-order valence-corrected chi connectivity index (χ3v) is 1.70. The molecular weight excluding hydrogens is 184 g/mol. The lowest BCUT2D eigenvalue weighted by Gasteiger charge is -2.09. The summed E-state index contributed by atoms with van der Waals surface area (Å²) in [6.07, 6.45) is 1.35. The number of nitrogens with zero attached hydrogens (tertiary/aromatic N) is 3. The second kappa shape index (κ2) is 5.69. The summed E-state index contributed by atoms with van der Waals surface area (Å²) in [5, 5.41) is 20.0. The average molecular weight is 200 g/mol. The van der Waals surface area contributed by atoms with Crippen LogP contribution in [0.25, 0.3) is 0 Å². The quantitative estimate of drug-likeness (QED) is 0.610. The lowest BCUT2D eigenvalue weighted by atomic mass is 10.3. The molecule has 14 heavy (non-hydrogen) atoms. The van der Waals surface area contributed by atoms with Crippen molar-refractivity contribution in [3.63, 3.8) is 0 Å². The van der Waals surface area contributed by atoms with E-state index < -0.39 is 6.10 Å². The zero-order chi connectivity index (χ0) is 10.4. The van der Waals surface area contributed by atoms with E-state index in [1.807, 2.05) is 13.2 Å². The molecule has 0 radical (unpaired) electrons. The van der Waals surface area contributed by atoms with Gasteiger partial charge in [-0.25, -0.2) is 0 Å². The van der Waals surface area contributed by atoms with Gasteiger partial charge in [-0.3, -0.25) is 4.68 Å². The predicted octanol–water partition coefficient (Wildman–Crippen LogP) is -1.09. The van der Waals surface area contributed by atoms with Crippen LogP contribution in [0.4, 0.5) is 0 Å². The molecule has 0 aromatic carbocycles. The van der Waals surface area contributed by atoms with E-state index >= 15 is 0 Å². The third kappa shape index (κ3) is 3.82. The highest BCUT2D eigenvalue weighted by molar-refractivity contribution is 4.90. The molecule has 1 rings (SSSR count). The maximum atomic E-state index is 9.30. The summed E-state index contributed by atoms with van der Waals surface area (Å²) in [4.78, 5) is 0. The summed E-state index contributed by atoms with van der Waals surface area (Å²) in [6, 6.07) is 0. The molecule has 6 nitrogen and oxygen atoms in total. The molecule has 0 fully saturated rings. The van der Waals surface area contributed by atoms with Crippen LogP contribution >= 0.6 is 0 Å². The minimum Gasteiger partial charge on any atom is -0.389 e. The van der Waals surface area contributed by atoms with Crippen molar-refractivity contribution in [1.29, 1.82) is 0 Å². The molecular formula is C8H16N4O2. The molecule has 0 amide bonds. The first-order valence-corrected chi connectivity index (χ1v) is 4.45. The molecule has 1 aromatic rings. The van der Waals surface area contributed by atoms with Gasteiger partial charge in [0.05, 0.1) is 18.4 Å². The maximum Gasteiger partial charge on any atom is 0.0964 e. The molecule has 6 heteroatoms. The van der Waals surface area contributed by atoms with Gasteiger partial charge in [0, 0.05) is 33.4 Å². The fraction of sp³-hybridized carbons (Fsp3) is 0.750. The number of ether oxygens (including phenoxy) is 1. The molecule has 0 aliphatic carbocycles. The molecule has 80 valence electrons. The van der Waals surface area contributed by atoms with E-state index in [1.54, 1.807) is 11.8 Å². The Balaban J connectivity index is 2.15. The lowest BCUT2D eigenvalue weighted by molar-refractivity contribution is 0.0643. The van der Waals surface area contributed by atoms with Crippen LogP contribution in [-0.2, 0) is 18.3 Å². The van der Waals surface area contributed by atoms with Gasteiger partial charge in [0.25, 0.3) is 0 Å². The van der Waals surface area contributed by atoms with Crippen molar-refractivity contribution in [2.45, 2.75) is 12.6 Å². The SMILES string of the molecule is COCC(O)CNCc1cn(C)nn1. The summed E-state index contributed by atoms with van der Waals surface area (Å²) >= 11 is 0. The lowest BCUT2D eigenvalue weighted by Crippen LogP contribution is -2.29. The normalized spacial score (nSPS) is 13.1. The van der Waals surface area contributed by atoms with E-state index in [0.717, 1.165) is 5.69 Å². The summed E-state index contributed by atoms with van der Waals surface area (Å²) in [5.74, 6) is 0. The predicted molar refractivity (Wildman–Crippen MR) is 50.6 cm³/mol. The van der Waals surface area contributed by atoms with E-state index in [0.29, 0.717) is 19.7 Å². The van der Waals surface area contributed by atoms with E-state index in [-0.39, 0.29) is 0 Å². The van der Waals surface area contributed by atoms with Crippen LogP contribution in [0.5, 0.6) is 0 Å². The number of aromatic nitrogens is 3. The first-order chi connectivity index (χ1) is 6.72. The number of aliphatic hydroxyl groups excluding tert-OH is 1. The van der Waals surface area contributed by atoms with Gasteiger partial charge in [0.2, 0.25) is 0 Å². The molecule has 1 atom stereocenters. The van der Waals surface area contributed by atoms with E-state index in [1.165, 1.54) is 0 Å². The number of hydrogen-bond acceptors (Lipinski definition) is 5. The van der Waals surface area contributed by atoms with Crippen LogP contribution in [0.3, 0.4) is 0 Å². The Morgan fingerprint density at radius 2 is 2.50 bits per heavy atom. The van der Waals surface area contributed by atoms with Gasteiger partial charge in [0.15, 0.2) is 0 Å². The first kappa shape index (κ1) is 11.1. The Bertz CT molecular complexity index is 264. The molecule has 0 saturated carbocycles. The highest BCUT2D eigenvalue weighted by Crippen LogP contribution is 1.90. The molecule has 1 heterocycles. The van der Waals surface area contributed by atoms with Gasteiger partial charge in [-0.05, 0) is 0 Å². The Labute approximate surface area is 82.9 Å². The number of hydrogen-bond donors (Lipinski definition) is 2. The Hall–Kier alpha value is -0.980. The van der Waals surface area contributed by atoms with Gasteiger partial charge in [-0.2, -0.15) is 0 Å². The van der Waals surface area contributed by atoms with Gasteiger partial charge in [-0.1, -0.05) is 5.21 Å². The van der Waals surface area contributed by atoms with E-state index in [2.05, 4.69) is 15.6 Å². The molecule has 1 aromatic heterocycles. The van der Waals surface area contributed by atoms with Gasteiger partial charge in [-0.15, -0.1) is 5.10 Å². The summed E-state index contributed by atoms with van der Waals surface area (Å²) in [5.41, 5.74) is 0.858. The van der Waals surface area contributed by atoms with Crippen LogP contribution in [-0.4, -0.2) is 46.5 Å². The second-order valence-corrected chi connectivity index (χ2v) is 3.12. The number of aryl methyl sites for hydroxylation is 1. The van der Waals surface area contributed by atoms with E-state index in [9.17, 15) is 5.11 Å². The number of nitrogens with one attached hydrogen (secondary N) is 1. The first-order valence-electron chi connectivity index (χ1n) is 4.45. The van der Waals surface area contributed by atoms with Crippen LogP contribution in [0, 0.1) is 0 Å². The Morgan fingerprint density at radius 1 is 1.71 bits per heavy atom. The minimum atomic E-state index is -0.475. The van der Waals surface area contributed by atoms with Crippen molar-refractivity contribution in [2.24, 2.45) is 7.05 Å². The molecule has 2 N–H and O–H groups in total. The topological polar surface area (TPSA) is 72.2 Å². The molecule has 0 aliphatic rings. The third-order valence-electron chi connectivity index (χ3n) is 1.70. The molecule has 0 aliphatic heterocycles. The average Bonchev–Trinajstić information content (AvgIpc) is 2.52. The Morgan fingerprint density at radius 3 is 3.07 bits per heavy atom. The fourth-order valence-electron chi connectivity index (χ4n) is 1.09. The summed E-state index contributed by atoms with van der Waals surface area (Å²) < 4.78 is 6.43. The highest BCUT2D eigenvalue weighted by atomic mass is 16.5. The Kier molecular flexibility index (Phi) is 4.51. The van der Waals surface area contributed by atoms with Crippen molar-refractivity contribution < 1.29 is 9.84 Å². The zero-order valence-corrected chi connectivity index (χ0v) is 8.47. The van der Waals surface area contributed by atoms with Crippen molar-refractivity contribution in [3.8, 4) is 0 Å². The summed E-state index contributed by atoms with van der Waals surface area (Å²) in [6.45, 7) is 1.44. The largest absolute Gasteiger partial charge is 0.389 e. The molecule has 1 unspecified atom stereocenters.